The number of rotatable bonds is 6. The minimum atomic E-state index is -0.745. The quantitative estimate of drug-likeness (QED) is 0.819. The largest absolute Gasteiger partial charge is 0.467 e. The van der Waals surface area contributed by atoms with Crippen molar-refractivity contribution in [3.63, 3.8) is 0 Å². The first-order valence-electron chi connectivity index (χ1n) is 6.20. The monoisotopic (exact) mass is 313 g/mol. The van der Waals surface area contributed by atoms with Gasteiger partial charge in [0.2, 0.25) is 0 Å². The maximum atomic E-state index is 12.2. The Labute approximate surface area is 117 Å². The van der Waals surface area contributed by atoms with E-state index in [2.05, 4.69) is 28.2 Å². The molecule has 18 heavy (non-hydrogen) atoms. The Kier molecular flexibility index (Phi) is 5.82. The molecule has 1 N–H and O–H groups in total. The predicted molar refractivity (Wildman–Crippen MR) is 76.4 cm³/mol. The van der Waals surface area contributed by atoms with Crippen LogP contribution in [0.4, 0.5) is 0 Å². The summed E-state index contributed by atoms with van der Waals surface area (Å²) in [6, 6.07) is 7.78. The van der Waals surface area contributed by atoms with Crippen LogP contribution in [0.1, 0.15) is 32.3 Å². The first kappa shape index (κ1) is 15.2. The van der Waals surface area contributed by atoms with Crippen LogP contribution in [0.3, 0.4) is 0 Å². The summed E-state index contributed by atoms with van der Waals surface area (Å²) in [6.45, 7) is 4.84. The van der Waals surface area contributed by atoms with Crippen molar-refractivity contribution in [2.45, 2.75) is 32.2 Å². The second-order valence-corrected chi connectivity index (χ2v) is 5.10. The lowest BCUT2D eigenvalue weighted by Crippen LogP contribution is -2.49. The van der Waals surface area contributed by atoms with Crippen LogP contribution in [-0.2, 0) is 15.1 Å². The summed E-state index contributed by atoms with van der Waals surface area (Å²) in [7, 11) is 1.43. The molecule has 0 aliphatic heterocycles. The molecule has 0 aromatic heterocycles. The average molecular weight is 314 g/mol. The topological polar surface area (TPSA) is 38.3 Å². The second kappa shape index (κ2) is 6.90. The molecule has 1 aromatic rings. The van der Waals surface area contributed by atoms with Crippen LogP contribution in [0.5, 0.6) is 0 Å². The number of ether oxygens (including phenoxy) is 1. The third kappa shape index (κ3) is 3.12. The molecule has 100 valence electrons. The fourth-order valence-electron chi connectivity index (χ4n) is 2.01. The van der Waals surface area contributed by atoms with Gasteiger partial charge in [-0.15, -0.1) is 0 Å². The van der Waals surface area contributed by atoms with Crippen LogP contribution < -0.4 is 5.32 Å². The van der Waals surface area contributed by atoms with Gasteiger partial charge in [-0.2, -0.15) is 0 Å². The zero-order valence-corrected chi connectivity index (χ0v) is 12.7. The first-order valence-corrected chi connectivity index (χ1v) is 6.99. The second-order valence-electron chi connectivity index (χ2n) is 4.18. The molecule has 0 amide bonds. The van der Waals surface area contributed by atoms with E-state index in [1.54, 1.807) is 0 Å². The molecule has 0 heterocycles. The van der Waals surface area contributed by atoms with E-state index in [1.807, 2.05) is 31.2 Å². The molecular weight excluding hydrogens is 294 g/mol. The molecule has 0 radical (unpaired) electrons. The zero-order valence-electron chi connectivity index (χ0n) is 11.1. The molecule has 0 aliphatic rings. The molecule has 1 atom stereocenters. The summed E-state index contributed by atoms with van der Waals surface area (Å²) in [5, 5.41) is 3.33. The van der Waals surface area contributed by atoms with Crippen molar-refractivity contribution in [2.24, 2.45) is 0 Å². The molecule has 1 unspecified atom stereocenters. The van der Waals surface area contributed by atoms with Gasteiger partial charge in [-0.1, -0.05) is 41.9 Å². The number of nitrogens with one attached hydrogen (secondary N) is 1. The maximum absolute atomic E-state index is 12.2. The number of benzene rings is 1. The molecule has 4 heteroatoms. The molecule has 1 aromatic carbocycles. The van der Waals surface area contributed by atoms with Gasteiger partial charge in [0.05, 0.1) is 7.11 Å². The average Bonchev–Trinajstić information content (AvgIpc) is 2.41. The summed E-state index contributed by atoms with van der Waals surface area (Å²) >= 11 is 3.40. The van der Waals surface area contributed by atoms with Gasteiger partial charge < -0.3 is 4.74 Å². The van der Waals surface area contributed by atoms with Gasteiger partial charge in [-0.25, -0.2) is 4.79 Å². The Morgan fingerprint density at radius 1 is 1.33 bits per heavy atom. The van der Waals surface area contributed by atoms with Crippen molar-refractivity contribution >= 4 is 21.9 Å². The summed E-state index contributed by atoms with van der Waals surface area (Å²) in [5.41, 5.74) is 0.194. The third-order valence-electron chi connectivity index (χ3n) is 3.08. The van der Waals surface area contributed by atoms with Gasteiger partial charge >= 0.3 is 5.97 Å². The lowest BCUT2D eigenvalue weighted by atomic mass is 9.87. The Morgan fingerprint density at radius 2 is 1.94 bits per heavy atom. The zero-order chi connectivity index (χ0) is 13.6. The van der Waals surface area contributed by atoms with Crippen LogP contribution in [0.2, 0.25) is 0 Å². The summed E-state index contributed by atoms with van der Waals surface area (Å²) in [5.74, 6) is -0.235. The molecule has 0 spiro atoms. The van der Waals surface area contributed by atoms with Crippen LogP contribution in [0.15, 0.2) is 28.7 Å². The highest BCUT2D eigenvalue weighted by Crippen LogP contribution is 2.28. The van der Waals surface area contributed by atoms with Gasteiger partial charge in [-0.3, -0.25) is 5.32 Å². The highest BCUT2D eigenvalue weighted by Gasteiger charge is 2.38. The van der Waals surface area contributed by atoms with Gasteiger partial charge in [0.25, 0.3) is 0 Å². The molecule has 0 aliphatic carbocycles. The minimum Gasteiger partial charge on any atom is -0.467 e. The molecule has 3 nitrogen and oxygen atoms in total. The first-order chi connectivity index (χ1) is 8.60. The van der Waals surface area contributed by atoms with E-state index >= 15 is 0 Å². The predicted octanol–water partition coefficient (Wildman–Crippen LogP) is 3.23. The molecule has 0 bridgehead atoms. The van der Waals surface area contributed by atoms with E-state index in [1.165, 1.54) is 7.11 Å². The molecule has 0 fully saturated rings. The van der Waals surface area contributed by atoms with Crippen molar-refractivity contribution in [1.82, 2.24) is 5.32 Å². The third-order valence-corrected chi connectivity index (χ3v) is 3.61. The van der Waals surface area contributed by atoms with Crippen LogP contribution in [0.25, 0.3) is 0 Å². The molecule has 0 saturated carbocycles. The molecule has 1 rings (SSSR count). The van der Waals surface area contributed by atoms with Crippen LogP contribution in [-0.4, -0.2) is 19.6 Å². The van der Waals surface area contributed by atoms with Gasteiger partial charge in [0, 0.05) is 4.47 Å². The van der Waals surface area contributed by atoms with Crippen molar-refractivity contribution < 1.29 is 9.53 Å². The standard InChI is InChI=1S/C14H20BrNO2/c1-4-10-16-14(5-2,13(17)18-3)11-6-8-12(15)9-7-11/h6-9,16H,4-5,10H2,1-3H3. The van der Waals surface area contributed by atoms with E-state index in [0.29, 0.717) is 6.42 Å². The van der Waals surface area contributed by atoms with Crippen LogP contribution >= 0.6 is 15.9 Å². The fraction of sp³-hybridized carbons (Fsp3) is 0.500. The Balaban J connectivity index is 3.16. The van der Waals surface area contributed by atoms with Crippen molar-refractivity contribution in [3.05, 3.63) is 34.3 Å². The Hall–Kier alpha value is -0.870. The normalized spacial score (nSPS) is 14.0. The maximum Gasteiger partial charge on any atom is 0.330 e. The van der Waals surface area contributed by atoms with E-state index in [4.69, 9.17) is 4.74 Å². The summed E-state index contributed by atoms with van der Waals surface area (Å²) in [4.78, 5) is 12.2. The summed E-state index contributed by atoms with van der Waals surface area (Å²) < 4.78 is 5.97. The fourth-order valence-corrected chi connectivity index (χ4v) is 2.28. The van der Waals surface area contributed by atoms with Crippen LogP contribution in [0, 0.1) is 0 Å². The number of carbonyl (C=O) groups is 1. The minimum absolute atomic E-state index is 0.235. The molecular formula is C14H20BrNO2. The lowest BCUT2D eigenvalue weighted by Gasteiger charge is -2.31. The number of hydrogen-bond donors (Lipinski definition) is 1. The van der Waals surface area contributed by atoms with Crippen molar-refractivity contribution in [3.8, 4) is 0 Å². The Morgan fingerprint density at radius 3 is 2.39 bits per heavy atom. The smallest absolute Gasteiger partial charge is 0.330 e. The van der Waals surface area contributed by atoms with Crippen molar-refractivity contribution in [2.75, 3.05) is 13.7 Å². The SMILES string of the molecule is CCCNC(CC)(C(=O)OC)c1ccc(Br)cc1. The number of esters is 1. The van der Waals surface area contributed by atoms with Gasteiger partial charge in [0.15, 0.2) is 0 Å². The number of halogens is 1. The van der Waals surface area contributed by atoms with Crippen molar-refractivity contribution in [1.29, 1.82) is 0 Å². The van der Waals surface area contributed by atoms with Gasteiger partial charge in [0.1, 0.15) is 5.54 Å². The highest BCUT2D eigenvalue weighted by atomic mass is 79.9. The van der Waals surface area contributed by atoms with E-state index < -0.39 is 5.54 Å². The van der Waals surface area contributed by atoms with Gasteiger partial charge in [-0.05, 0) is 37.1 Å². The number of hydrogen-bond acceptors (Lipinski definition) is 3. The lowest BCUT2D eigenvalue weighted by molar-refractivity contribution is -0.149. The number of methoxy groups -OCH3 is 1. The Bertz CT molecular complexity index is 391. The molecule has 0 saturated heterocycles. The van der Waals surface area contributed by atoms with E-state index in [-0.39, 0.29) is 5.97 Å². The highest BCUT2D eigenvalue weighted by molar-refractivity contribution is 9.10. The number of carbonyl (C=O) groups excluding carboxylic acids is 1. The van der Waals surface area contributed by atoms with E-state index in [0.717, 1.165) is 23.0 Å². The summed E-state index contributed by atoms with van der Waals surface area (Å²) in [6.07, 6.45) is 1.62. The van der Waals surface area contributed by atoms with E-state index in [9.17, 15) is 4.79 Å².